The molecule has 4 nitrogen and oxygen atoms in total. The molecule has 1 aliphatic rings. The smallest absolute Gasteiger partial charge is 0.339 e. The average molecular weight is 353 g/mol. The van der Waals surface area contributed by atoms with Crippen molar-refractivity contribution in [3.8, 4) is 5.75 Å². The van der Waals surface area contributed by atoms with Gasteiger partial charge in [-0.05, 0) is 47.2 Å². The van der Waals surface area contributed by atoms with Crippen LogP contribution >= 0.6 is 0 Å². The molecule has 0 radical (unpaired) electrons. The van der Waals surface area contributed by atoms with Crippen LogP contribution in [-0.4, -0.2) is 31.3 Å². The molecule has 4 heteroatoms. The van der Waals surface area contributed by atoms with Crippen molar-refractivity contribution < 1.29 is 14.6 Å². The summed E-state index contributed by atoms with van der Waals surface area (Å²) in [5, 5.41) is 9.24. The van der Waals surface area contributed by atoms with Gasteiger partial charge in [0.25, 0.3) is 0 Å². The van der Waals surface area contributed by atoms with Gasteiger partial charge in [-0.2, -0.15) is 0 Å². The first-order chi connectivity index (χ1) is 12.3. The van der Waals surface area contributed by atoms with Crippen molar-refractivity contribution in [2.75, 3.05) is 25.1 Å². The highest BCUT2D eigenvalue weighted by molar-refractivity contribution is 5.91. The molecule has 1 atom stereocenters. The zero-order valence-electron chi connectivity index (χ0n) is 16.0. The highest BCUT2D eigenvalue weighted by Crippen LogP contribution is 2.34. The number of ether oxygens (including phenoxy) is 1. The third kappa shape index (κ3) is 3.69. The molecule has 3 rings (SSSR count). The highest BCUT2D eigenvalue weighted by atomic mass is 16.5. The van der Waals surface area contributed by atoms with Gasteiger partial charge in [0, 0.05) is 24.7 Å². The first-order valence-corrected chi connectivity index (χ1v) is 9.06. The van der Waals surface area contributed by atoms with Crippen LogP contribution in [0.25, 0.3) is 0 Å². The van der Waals surface area contributed by atoms with Crippen molar-refractivity contribution in [1.29, 1.82) is 0 Å². The fourth-order valence-electron chi connectivity index (χ4n) is 3.58. The summed E-state index contributed by atoms with van der Waals surface area (Å²) in [6.07, 6.45) is 1.05. The second-order valence-electron chi connectivity index (χ2n) is 7.99. The van der Waals surface area contributed by atoms with E-state index in [4.69, 9.17) is 4.74 Å². The summed E-state index contributed by atoms with van der Waals surface area (Å²) < 4.78 is 5.27. The lowest BCUT2D eigenvalue weighted by molar-refractivity contribution is 0.0693. The molecule has 1 unspecified atom stereocenters. The van der Waals surface area contributed by atoms with Gasteiger partial charge in [0.2, 0.25) is 0 Å². The van der Waals surface area contributed by atoms with E-state index in [-0.39, 0.29) is 11.0 Å². The molecule has 1 N–H and O–H groups in total. The molecule has 0 spiro atoms. The summed E-state index contributed by atoms with van der Waals surface area (Å²) in [6, 6.07) is 14.3. The van der Waals surface area contributed by atoms with Gasteiger partial charge < -0.3 is 14.7 Å². The first-order valence-electron chi connectivity index (χ1n) is 9.06. The largest absolute Gasteiger partial charge is 0.496 e. The minimum atomic E-state index is -0.958. The summed E-state index contributed by atoms with van der Waals surface area (Å²) in [5.41, 5.74) is 4.10. The topological polar surface area (TPSA) is 49.8 Å². The van der Waals surface area contributed by atoms with Crippen molar-refractivity contribution in [1.82, 2.24) is 0 Å². The fourth-order valence-corrected chi connectivity index (χ4v) is 3.58. The zero-order chi connectivity index (χ0) is 18.9. The molecule has 0 aliphatic carbocycles. The van der Waals surface area contributed by atoms with Gasteiger partial charge in [-0.3, -0.25) is 0 Å². The van der Waals surface area contributed by atoms with Crippen molar-refractivity contribution in [2.24, 2.45) is 0 Å². The van der Waals surface area contributed by atoms with Gasteiger partial charge in [-0.15, -0.1) is 0 Å². The number of aromatic carboxylic acids is 1. The third-order valence-electron chi connectivity index (χ3n) is 5.21. The first kappa shape index (κ1) is 18.3. The molecule has 0 amide bonds. The van der Waals surface area contributed by atoms with E-state index >= 15 is 0 Å². The summed E-state index contributed by atoms with van der Waals surface area (Å²) >= 11 is 0. The predicted molar refractivity (Wildman–Crippen MR) is 105 cm³/mol. The maximum Gasteiger partial charge on any atom is 0.339 e. The van der Waals surface area contributed by atoms with Crippen LogP contribution in [0.4, 0.5) is 5.69 Å². The number of nitrogens with zero attached hydrogens (tertiary/aromatic N) is 1. The second kappa shape index (κ2) is 7.02. The number of benzene rings is 2. The van der Waals surface area contributed by atoms with E-state index in [0.29, 0.717) is 11.7 Å². The minimum absolute atomic E-state index is 0.161. The van der Waals surface area contributed by atoms with E-state index < -0.39 is 5.97 Å². The van der Waals surface area contributed by atoms with E-state index in [9.17, 15) is 9.90 Å². The molecule has 2 aromatic rings. The van der Waals surface area contributed by atoms with Gasteiger partial charge in [-0.1, -0.05) is 39.0 Å². The van der Waals surface area contributed by atoms with Crippen molar-refractivity contribution >= 4 is 11.7 Å². The van der Waals surface area contributed by atoms with Crippen LogP contribution in [0.3, 0.4) is 0 Å². The normalized spacial score (nSPS) is 17.4. The second-order valence-corrected chi connectivity index (χ2v) is 7.99. The predicted octanol–water partition coefficient (Wildman–Crippen LogP) is 4.68. The number of hydrogen-bond donors (Lipinski definition) is 1. The van der Waals surface area contributed by atoms with Crippen molar-refractivity contribution in [3.63, 3.8) is 0 Å². The van der Waals surface area contributed by atoms with Crippen LogP contribution in [0.2, 0.25) is 0 Å². The Hall–Kier alpha value is -2.49. The van der Waals surface area contributed by atoms with E-state index in [1.807, 2.05) is 12.1 Å². The van der Waals surface area contributed by atoms with E-state index in [2.05, 4.69) is 49.9 Å². The Kier molecular flexibility index (Phi) is 4.94. The standard InChI is InChI=1S/C22H27NO3/c1-22(2,3)17-6-8-18(9-7-17)23-12-11-16(14-23)15-5-10-19(21(24)25)20(13-15)26-4/h5-10,13,16H,11-12,14H2,1-4H3,(H,24,25). The van der Waals surface area contributed by atoms with E-state index in [1.165, 1.54) is 18.4 Å². The number of rotatable bonds is 4. The SMILES string of the molecule is COc1cc(C2CCN(c3ccc(C(C)(C)C)cc3)C2)ccc1C(=O)O. The molecule has 0 bridgehead atoms. The molecule has 1 heterocycles. The lowest BCUT2D eigenvalue weighted by Crippen LogP contribution is -2.19. The van der Waals surface area contributed by atoms with Crippen LogP contribution < -0.4 is 9.64 Å². The zero-order valence-corrected chi connectivity index (χ0v) is 16.0. The lowest BCUT2D eigenvalue weighted by Gasteiger charge is -2.23. The van der Waals surface area contributed by atoms with Gasteiger partial charge in [0.15, 0.2) is 0 Å². The molecule has 1 aliphatic heterocycles. The Morgan fingerprint density at radius 1 is 1.15 bits per heavy atom. The minimum Gasteiger partial charge on any atom is -0.496 e. The van der Waals surface area contributed by atoms with Crippen LogP contribution in [0.1, 0.15) is 54.6 Å². The summed E-state index contributed by atoms with van der Waals surface area (Å²) in [6.45, 7) is 8.61. The summed E-state index contributed by atoms with van der Waals surface area (Å²) in [7, 11) is 1.52. The van der Waals surface area contributed by atoms with Crippen LogP contribution in [0.15, 0.2) is 42.5 Å². The van der Waals surface area contributed by atoms with E-state index in [1.54, 1.807) is 6.07 Å². The molecular formula is C22H27NO3. The molecule has 1 fully saturated rings. The number of carboxylic acid groups (broad SMARTS) is 1. The lowest BCUT2D eigenvalue weighted by atomic mass is 9.87. The maximum atomic E-state index is 11.3. The maximum absolute atomic E-state index is 11.3. The quantitative estimate of drug-likeness (QED) is 0.867. The Morgan fingerprint density at radius 2 is 1.85 bits per heavy atom. The Labute approximate surface area is 155 Å². The number of anilines is 1. The monoisotopic (exact) mass is 353 g/mol. The summed E-state index contributed by atoms with van der Waals surface area (Å²) in [5.74, 6) is -0.141. The molecule has 0 aromatic heterocycles. The van der Waals surface area contributed by atoms with Crippen LogP contribution in [0.5, 0.6) is 5.75 Å². The Morgan fingerprint density at radius 3 is 2.42 bits per heavy atom. The molecule has 26 heavy (non-hydrogen) atoms. The number of carbonyl (C=O) groups is 1. The van der Waals surface area contributed by atoms with Crippen LogP contribution in [0, 0.1) is 0 Å². The Bertz CT molecular complexity index is 790. The fraction of sp³-hybridized carbons (Fsp3) is 0.409. The van der Waals surface area contributed by atoms with Crippen molar-refractivity contribution in [3.05, 3.63) is 59.2 Å². The van der Waals surface area contributed by atoms with Gasteiger partial charge in [-0.25, -0.2) is 4.79 Å². The highest BCUT2D eigenvalue weighted by Gasteiger charge is 2.26. The summed E-state index contributed by atoms with van der Waals surface area (Å²) in [4.78, 5) is 13.7. The average Bonchev–Trinajstić information content (AvgIpc) is 3.10. The molecule has 0 saturated carbocycles. The number of hydrogen-bond acceptors (Lipinski definition) is 3. The van der Waals surface area contributed by atoms with Gasteiger partial charge >= 0.3 is 5.97 Å². The van der Waals surface area contributed by atoms with Gasteiger partial charge in [0.1, 0.15) is 11.3 Å². The van der Waals surface area contributed by atoms with Crippen LogP contribution in [-0.2, 0) is 5.41 Å². The Balaban J connectivity index is 1.75. The van der Waals surface area contributed by atoms with Crippen molar-refractivity contribution in [2.45, 2.75) is 38.5 Å². The molecular weight excluding hydrogens is 326 g/mol. The molecule has 1 saturated heterocycles. The molecule has 138 valence electrons. The number of methoxy groups -OCH3 is 1. The number of carboxylic acids is 1. The van der Waals surface area contributed by atoms with E-state index in [0.717, 1.165) is 25.1 Å². The van der Waals surface area contributed by atoms with Gasteiger partial charge in [0.05, 0.1) is 7.11 Å². The molecule has 2 aromatic carbocycles. The third-order valence-corrected chi connectivity index (χ3v) is 5.21.